The molecule has 6 nitrogen and oxygen atoms in total. The quantitative estimate of drug-likeness (QED) is 0.564. The van der Waals surface area contributed by atoms with E-state index in [1.54, 1.807) is 18.6 Å². The van der Waals surface area contributed by atoms with Gasteiger partial charge in [0, 0.05) is 43.8 Å². The van der Waals surface area contributed by atoms with Crippen molar-refractivity contribution in [3.63, 3.8) is 0 Å². The van der Waals surface area contributed by atoms with E-state index in [1.165, 1.54) is 5.56 Å². The Morgan fingerprint density at radius 1 is 1.04 bits per heavy atom. The van der Waals surface area contributed by atoms with Gasteiger partial charge in [0.15, 0.2) is 0 Å². The van der Waals surface area contributed by atoms with E-state index >= 15 is 0 Å². The molecule has 4 rings (SSSR count). The number of imidazole rings is 1. The second-order valence-corrected chi connectivity index (χ2v) is 6.23. The summed E-state index contributed by atoms with van der Waals surface area (Å²) in [6.45, 7) is 2.16. The van der Waals surface area contributed by atoms with Crippen LogP contribution < -0.4 is 4.90 Å². The van der Waals surface area contributed by atoms with Gasteiger partial charge in [-0.15, -0.1) is 0 Å². The monoisotopic (exact) mass is 344 g/mol. The Labute approximate surface area is 152 Å². The lowest BCUT2D eigenvalue weighted by Gasteiger charge is -2.22. The second kappa shape index (κ2) is 6.55. The first-order valence-electron chi connectivity index (χ1n) is 8.57. The van der Waals surface area contributed by atoms with Crippen LogP contribution in [0.5, 0.6) is 0 Å². The number of anilines is 2. The maximum atomic E-state index is 4.58. The van der Waals surface area contributed by atoms with Crippen molar-refractivity contribution in [3.8, 4) is 11.3 Å². The van der Waals surface area contributed by atoms with E-state index in [0.29, 0.717) is 0 Å². The minimum absolute atomic E-state index is 0.880. The highest BCUT2D eigenvalue weighted by Crippen LogP contribution is 2.31. The lowest BCUT2D eigenvalue weighted by molar-refractivity contribution is 0.946. The molecule has 0 spiro atoms. The third kappa shape index (κ3) is 2.79. The van der Waals surface area contributed by atoms with Crippen molar-refractivity contribution in [1.29, 1.82) is 0 Å². The minimum atomic E-state index is 0.880. The largest absolute Gasteiger partial charge is 0.334 e. The van der Waals surface area contributed by atoms with E-state index in [1.807, 2.05) is 31.2 Å². The third-order valence-corrected chi connectivity index (χ3v) is 4.62. The lowest BCUT2D eigenvalue weighted by Crippen LogP contribution is -2.13. The number of benzene rings is 1. The summed E-state index contributed by atoms with van der Waals surface area (Å²) in [5, 5.41) is 0. The number of aromatic nitrogens is 5. The maximum Gasteiger partial charge on any atom is 0.134 e. The molecule has 0 N–H and O–H groups in total. The molecule has 0 aliphatic heterocycles. The lowest BCUT2D eigenvalue weighted by atomic mass is 10.0. The molecule has 0 atom stereocenters. The molecular weight excluding hydrogens is 324 g/mol. The molecule has 0 unspecified atom stereocenters. The molecule has 3 heterocycles. The van der Waals surface area contributed by atoms with Gasteiger partial charge in [-0.3, -0.25) is 9.97 Å². The molecule has 0 aliphatic rings. The van der Waals surface area contributed by atoms with Crippen LogP contribution in [0.1, 0.15) is 12.5 Å². The molecule has 130 valence electrons. The van der Waals surface area contributed by atoms with Crippen molar-refractivity contribution >= 4 is 22.5 Å². The SMILES string of the molecule is CCc1cc(-c2cnccn2)ccc1N(C)c1cc2c(cn1)ncn2C. The van der Waals surface area contributed by atoms with E-state index in [9.17, 15) is 0 Å². The highest BCUT2D eigenvalue weighted by atomic mass is 15.2. The highest BCUT2D eigenvalue weighted by Gasteiger charge is 2.13. The van der Waals surface area contributed by atoms with Crippen molar-refractivity contribution in [2.24, 2.45) is 7.05 Å². The number of rotatable bonds is 4. The van der Waals surface area contributed by atoms with E-state index in [2.05, 4.69) is 56.0 Å². The first kappa shape index (κ1) is 16.2. The predicted molar refractivity (Wildman–Crippen MR) is 103 cm³/mol. The zero-order valence-electron chi connectivity index (χ0n) is 15.1. The number of fused-ring (bicyclic) bond motifs is 1. The molecule has 0 saturated carbocycles. The fourth-order valence-electron chi connectivity index (χ4n) is 3.13. The van der Waals surface area contributed by atoms with Gasteiger partial charge < -0.3 is 9.47 Å². The third-order valence-electron chi connectivity index (χ3n) is 4.62. The first-order valence-corrected chi connectivity index (χ1v) is 8.57. The van der Waals surface area contributed by atoms with Gasteiger partial charge in [0.1, 0.15) is 11.3 Å². The van der Waals surface area contributed by atoms with Gasteiger partial charge in [-0.2, -0.15) is 0 Å². The zero-order chi connectivity index (χ0) is 18.1. The fourth-order valence-corrected chi connectivity index (χ4v) is 3.13. The number of pyridine rings is 1. The maximum absolute atomic E-state index is 4.58. The van der Waals surface area contributed by atoms with Crippen molar-refractivity contribution < 1.29 is 0 Å². The topological polar surface area (TPSA) is 59.7 Å². The number of aryl methyl sites for hydroxylation is 2. The smallest absolute Gasteiger partial charge is 0.134 e. The number of hydrogen-bond acceptors (Lipinski definition) is 5. The van der Waals surface area contributed by atoms with Gasteiger partial charge in [0.05, 0.1) is 29.9 Å². The standard InChI is InChI=1S/C20H20N6/c1-4-14-9-15(16-11-21-7-8-22-16)5-6-18(14)26(3)20-10-19-17(12-23-20)24-13-25(19)2/h5-13H,4H2,1-3H3. The van der Waals surface area contributed by atoms with Crippen LogP contribution in [0.3, 0.4) is 0 Å². The van der Waals surface area contributed by atoms with Gasteiger partial charge in [-0.25, -0.2) is 9.97 Å². The zero-order valence-corrected chi connectivity index (χ0v) is 15.1. The van der Waals surface area contributed by atoms with Crippen molar-refractivity contribution in [3.05, 3.63) is 60.9 Å². The number of nitrogens with zero attached hydrogens (tertiary/aromatic N) is 6. The molecule has 0 amide bonds. The Bertz CT molecular complexity index is 1050. The van der Waals surface area contributed by atoms with E-state index in [4.69, 9.17) is 0 Å². The van der Waals surface area contributed by atoms with Gasteiger partial charge in [0.25, 0.3) is 0 Å². The summed E-state index contributed by atoms with van der Waals surface area (Å²) < 4.78 is 2.01. The molecule has 0 fully saturated rings. The van der Waals surface area contributed by atoms with Crippen molar-refractivity contribution in [2.75, 3.05) is 11.9 Å². The molecule has 0 saturated heterocycles. The molecule has 0 radical (unpaired) electrons. The summed E-state index contributed by atoms with van der Waals surface area (Å²) in [7, 11) is 4.04. The summed E-state index contributed by atoms with van der Waals surface area (Å²) in [4.78, 5) is 19.6. The van der Waals surface area contributed by atoms with Crippen LogP contribution in [0, 0.1) is 0 Å². The normalized spacial score (nSPS) is 11.0. The Kier molecular flexibility index (Phi) is 4.08. The van der Waals surface area contributed by atoms with Crippen LogP contribution in [-0.4, -0.2) is 31.6 Å². The Balaban J connectivity index is 1.74. The summed E-state index contributed by atoms with van der Waals surface area (Å²) in [5.41, 5.74) is 6.29. The average Bonchev–Trinajstić information content (AvgIpc) is 3.08. The Hall–Kier alpha value is -3.28. The van der Waals surface area contributed by atoms with Gasteiger partial charge >= 0.3 is 0 Å². The van der Waals surface area contributed by atoms with Crippen LogP contribution in [0.25, 0.3) is 22.3 Å². The van der Waals surface area contributed by atoms with Gasteiger partial charge in [-0.1, -0.05) is 13.0 Å². The predicted octanol–water partition coefficient (Wildman–Crippen LogP) is 3.76. The van der Waals surface area contributed by atoms with Crippen LogP contribution in [0.2, 0.25) is 0 Å². The minimum Gasteiger partial charge on any atom is -0.334 e. The van der Waals surface area contributed by atoms with Crippen LogP contribution >= 0.6 is 0 Å². The molecule has 4 aromatic rings. The number of hydrogen-bond donors (Lipinski definition) is 0. The van der Waals surface area contributed by atoms with Crippen LogP contribution in [-0.2, 0) is 13.5 Å². The van der Waals surface area contributed by atoms with Crippen molar-refractivity contribution in [1.82, 2.24) is 24.5 Å². The first-order chi connectivity index (χ1) is 12.7. The van der Waals surface area contributed by atoms with Crippen LogP contribution in [0.4, 0.5) is 11.5 Å². The molecule has 3 aromatic heterocycles. The van der Waals surface area contributed by atoms with Gasteiger partial charge in [-0.05, 0) is 24.1 Å². The molecule has 0 aliphatic carbocycles. The highest BCUT2D eigenvalue weighted by molar-refractivity contribution is 5.79. The summed E-state index contributed by atoms with van der Waals surface area (Å²) in [6.07, 6.45) is 9.74. The Morgan fingerprint density at radius 3 is 2.69 bits per heavy atom. The van der Waals surface area contributed by atoms with E-state index in [-0.39, 0.29) is 0 Å². The second-order valence-electron chi connectivity index (χ2n) is 6.23. The molecule has 6 heteroatoms. The van der Waals surface area contributed by atoms with E-state index in [0.717, 1.165) is 40.2 Å². The van der Waals surface area contributed by atoms with Crippen LogP contribution in [0.15, 0.2) is 55.4 Å². The summed E-state index contributed by atoms with van der Waals surface area (Å²) in [5.74, 6) is 0.892. The Morgan fingerprint density at radius 2 is 1.92 bits per heavy atom. The summed E-state index contributed by atoms with van der Waals surface area (Å²) >= 11 is 0. The van der Waals surface area contributed by atoms with Crippen molar-refractivity contribution in [2.45, 2.75) is 13.3 Å². The molecule has 1 aromatic carbocycles. The molecular formula is C20H20N6. The summed E-state index contributed by atoms with van der Waals surface area (Å²) in [6, 6.07) is 8.45. The van der Waals surface area contributed by atoms with Gasteiger partial charge in [0.2, 0.25) is 0 Å². The molecule has 26 heavy (non-hydrogen) atoms. The molecule has 0 bridgehead atoms. The average molecular weight is 344 g/mol. The fraction of sp³-hybridized carbons (Fsp3) is 0.200. The van der Waals surface area contributed by atoms with E-state index < -0.39 is 0 Å².